The van der Waals surface area contributed by atoms with Crippen molar-refractivity contribution in [3.63, 3.8) is 0 Å². The fourth-order valence-electron chi connectivity index (χ4n) is 4.64. The minimum Gasteiger partial charge on any atom is -0.356 e. The average Bonchev–Trinajstić information content (AvgIpc) is 2.98. The first-order chi connectivity index (χ1) is 18.8. The molecule has 0 aromatic heterocycles. The van der Waals surface area contributed by atoms with E-state index >= 15 is 0 Å². The molecule has 2 heteroatoms. The molecule has 0 spiro atoms. The molecule has 0 saturated carbocycles. The monoisotopic (exact) mass is 488 g/mol. The molecule has 7 aromatic carbocycles. The summed E-state index contributed by atoms with van der Waals surface area (Å²) in [5, 5.41) is 14.6. The van der Waals surface area contributed by atoms with Gasteiger partial charge < -0.3 is 10.6 Å². The molecule has 2 N–H and O–H groups in total. The van der Waals surface area contributed by atoms with Crippen molar-refractivity contribution < 1.29 is 0 Å². The Morgan fingerprint density at radius 3 is 0.842 bits per heavy atom. The van der Waals surface area contributed by atoms with E-state index in [1.807, 2.05) is 0 Å². The largest absolute Gasteiger partial charge is 0.356 e. The summed E-state index contributed by atoms with van der Waals surface area (Å²) in [5.74, 6) is 0. The molecular formula is C36H28N2. The smallest absolute Gasteiger partial charge is 0.0390 e. The van der Waals surface area contributed by atoms with Crippen molar-refractivity contribution in [2.45, 2.75) is 0 Å². The highest BCUT2D eigenvalue weighted by atomic mass is 14.9. The Kier molecular flexibility index (Phi) is 6.69. The molecule has 7 rings (SSSR count). The maximum atomic E-state index is 3.48. The lowest BCUT2D eigenvalue weighted by Gasteiger charge is -2.11. The topological polar surface area (TPSA) is 24.1 Å². The second kappa shape index (κ2) is 10.9. The van der Waals surface area contributed by atoms with Gasteiger partial charge in [0.2, 0.25) is 0 Å². The van der Waals surface area contributed by atoms with Crippen LogP contribution in [0.25, 0.3) is 32.3 Å². The Morgan fingerprint density at radius 1 is 0.237 bits per heavy atom. The molecule has 7 aromatic rings. The maximum absolute atomic E-state index is 3.48. The molecule has 182 valence electrons. The Morgan fingerprint density at radius 2 is 0.500 bits per heavy atom. The third-order valence-electron chi connectivity index (χ3n) is 6.62. The summed E-state index contributed by atoms with van der Waals surface area (Å²) in [5.41, 5.74) is 4.32. The molecule has 0 aliphatic carbocycles. The van der Waals surface area contributed by atoms with Crippen molar-refractivity contribution in [1.82, 2.24) is 0 Å². The van der Waals surface area contributed by atoms with Gasteiger partial charge in [0.1, 0.15) is 0 Å². The Labute approximate surface area is 223 Å². The van der Waals surface area contributed by atoms with E-state index in [4.69, 9.17) is 0 Å². The van der Waals surface area contributed by atoms with Crippen molar-refractivity contribution in [2.75, 3.05) is 10.6 Å². The van der Waals surface area contributed by atoms with Gasteiger partial charge in [-0.2, -0.15) is 0 Å². The molecule has 0 aliphatic heterocycles. The highest BCUT2D eigenvalue weighted by molar-refractivity contribution is 5.88. The van der Waals surface area contributed by atoms with Gasteiger partial charge in [0.25, 0.3) is 0 Å². The molecule has 0 unspecified atom stereocenters. The number of hydrogen-bond donors (Lipinski definition) is 2. The third kappa shape index (κ3) is 5.50. The van der Waals surface area contributed by atoms with Crippen molar-refractivity contribution in [1.29, 1.82) is 0 Å². The van der Waals surface area contributed by atoms with Gasteiger partial charge in [-0.05, 0) is 80.8 Å². The highest BCUT2D eigenvalue weighted by Crippen LogP contribution is 2.26. The predicted octanol–water partition coefficient (Wildman–Crippen LogP) is 10.3. The van der Waals surface area contributed by atoms with Crippen LogP contribution in [0.1, 0.15) is 0 Å². The number of rotatable bonds is 4. The number of hydrogen-bond acceptors (Lipinski definition) is 2. The van der Waals surface area contributed by atoms with Crippen LogP contribution < -0.4 is 10.6 Å². The molecule has 0 heterocycles. The van der Waals surface area contributed by atoms with Gasteiger partial charge >= 0.3 is 0 Å². The lowest BCUT2D eigenvalue weighted by Crippen LogP contribution is -1.93. The minimum atomic E-state index is 1.07. The molecule has 2 nitrogen and oxygen atoms in total. The summed E-state index contributed by atoms with van der Waals surface area (Å²) in [7, 11) is 0. The quantitative estimate of drug-likeness (QED) is 0.257. The van der Waals surface area contributed by atoms with E-state index < -0.39 is 0 Å². The van der Waals surface area contributed by atoms with Crippen molar-refractivity contribution in [2.24, 2.45) is 0 Å². The number of anilines is 4. The van der Waals surface area contributed by atoms with Gasteiger partial charge in [0.05, 0.1) is 0 Å². The van der Waals surface area contributed by atoms with Gasteiger partial charge in [0, 0.05) is 22.7 Å². The van der Waals surface area contributed by atoms with Crippen LogP contribution >= 0.6 is 0 Å². The average molecular weight is 489 g/mol. The second-order valence-corrected chi connectivity index (χ2v) is 9.30. The van der Waals surface area contributed by atoms with Crippen molar-refractivity contribution in [3.05, 3.63) is 158 Å². The van der Waals surface area contributed by atoms with E-state index in [1.165, 1.54) is 32.3 Å². The van der Waals surface area contributed by atoms with Crippen LogP contribution in [0, 0.1) is 0 Å². The fourth-order valence-corrected chi connectivity index (χ4v) is 4.64. The van der Waals surface area contributed by atoms with Crippen molar-refractivity contribution in [3.8, 4) is 0 Å². The summed E-state index contributed by atoms with van der Waals surface area (Å²) >= 11 is 0. The van der Waals surface area contributed by atoms with Crippen LogP contribution in [0.4, 0.5) is 22.7 Å². The normalized spacial score (nSPS) is 10.6. The number of benzene rings is 7. The standard InChI is InChI=1S/C26H20N2.C10H8/c1-3-7-21-17-25(11-9-19(21)5-1)27-23-13-15-24(16-14-23)28-26-12-10-20-6-2-4-8-22(20)18-26;1-2-6-10-8-4-3-7-9(10)5-1/h1-18,27-28H;1-8H. The molecule has 0 radical (unpaired) electrons. The SMILES string of the molecule is c1ccc2cc(Nc3ccc(Nc4ccc5ccccc5c4)cc3)ccc2c1.c1ccc2ccccc2c1. The zero-order chi connectivity index (χ0) is 25.6. The van der Waals surface area contributed by atoms with Gasteiger partial charge in [-0.25, -0.2) is 0 Å². The lowest BCUT2D eigenvalue weighted by atomic mass is 10.1. The minimum absolute atomic E-state index is 1.07. The van der Waals surface area contributed by atoms with Gasteiger partial charge in [-0.1, -0.05) is 109 Å². The summed E-state index contributed by atoms with van der Waals surface area (Å²) in [6.07, 6.45) is 0. The van der Waals surface area contributed by atoms with Gasteiger partial charge in [-0.3, -0.25) is 0 Å². The molecule has 0 atom stereocenters. The Balaban J connectivity index is 0.000000221. The Hall–Kier alpha value is -5.08. The van der Waals surface area contributed by atoms with E-state index in [1.54, 1.807) is 0 Å². The fraction of sp³-hybridized carbons (Fsp3) is 0. The van der Waals surface area contributed by atoms with Gasteiger partial charge in [-0.15, -0.1) is 0 Å². The molecule has 0 amide bonds. The van der Waals surface area contributed by atoms with Crippen LogP contribution in [-0.2, 0) is 0 Å². The van der Waals surface area contributed by atoms with Crippen molar-refractivity contribution >= 4 is 55.1 Å². The number of fused-ring (bicyclic) bond motifs is 3. The zero-order valence-corrected chi connectivity index (χ0v) is 21.0. The van der Waals surface area contributed by atoms with E-state index in [9.17, 15) is 0 Å². The molecule has 0 fully saturated rings. The van der Waals surface area contributed by atoms with Crippen LogP contribution in [0.3, 0.4) is 0 Å². The molecule has 0 saturated heterocycles. The predicted molar refractivity (Wildman–Crippen MR) is 165 cm³/mol. The van der Waals surface area contributed by atoms with Gasteiger partial charge in [0.15, 0.2) is 0 Å². The summed E-state index contributed by atoms with van der Waals surface area (Å²) in [6.45, 7) is 0. The molecule has 0 aliphatic rings. The summed E-state index contributed by atoms with van der Waals surface area (Å²) in [4.78, 5) is 0. The first-order valence-electron chi connectivity index (χ1n) is 12.9. The second-order valence-electron chi connectivity index (χ2n) is 9.30. The first kappa shape index (κ1) is 23.3. The highest BCUT2D eigenvalue weighted by Gasteiger charge is 2.00. The van der Waals surface area contributed by atoms with E-state index in [0.717, 1.165) is 22.7 Å². The molecule has 38 heavy (non-hydrogen) atoms. The summed E-state index contributed by atoms with van der Waals surface area (Å²) in [6, 6.07) is 54.8. The molecule has 0 bridgehead atoms. The summed E-state index contributed by atoms with van der Waals surface area (Å²) < 4.78 is 0. The van der Waals surface area contributed by atoms with E-state index in [0.29, 0.717) is 0 Å². The third-order valence-corrected chi connectivity index (χ3v) is 6.62. The van der Waals surface area contributed by atoms with Crippen LogP contribution in [-0.4, -0.2) is 0 Å². The number of nitrogens with one attached hydrogen (secondary N) is 2. The molecular weight excluding hydrogens is 460 g/mol. The lowest BCUT2D eigenvalue weighted by molar-refractivity contribution is 1.53. The zero-order valence-electron chi connectivity index (χ0n) is 21.0. The maximum Gasteiger partial charge on any atom is 0.0390 e. The van der Waals surface area contributed by atoms with Crippen LogP contribution in [0.15, 0.2) is 158 Å². The van der Waals surface area contributed by atoms with Crippen LogP contribution in [0.5, 0.6) is 0 Å². The first-order valence-corrected chi connectivity index (χ1v) is 12.9. The van der Waals surface area contributed by atoms with E-state index in [-0.39, 0.29) is 0 Å². The Bertz CT molecular complexity index is 1650. The van der Waals surface area contributed by atoms with E-state index in [2.05, 4.69) is 168 Å². The van der Waals surface area contributed by atoms with Crippen LogP contribution in [0.2, 0.25) is 0 Å².